The number of nitrogens with zero attached hydrogens (tertiary/aromatic N) is 2. The second kappa shape index (κ2) is 7.07. The van der Waals surface area contributed by atoms with Gasteiger partial charge in [0.15, 0.2) is 0 Å². The maximum absolute atomic E-state index is 6.39. The fourth-order valence-electron chi connectivity index (χ4n) is 3.08. The van der Waals surface area contributed by atoms with E-state index in [0.29, 0.717) is 6.04 Å². The highest BCUT2D eigenvalue weighted by molar-refractivity contribution is 6.20. The minimum absolute atomic E-state index is 0.228. The Hall–Kier alpha value is -0.0900. The summed E-state index contributed by atoms with van der Waals surface area (Å²) in [5.41, 5.74) is 3.20. The molecular weight excluding hydrogens is 260 g/mol. The molecule has 0 N–H and O–H groups in total. The van der Waals surface area contributed by atoms with Crippen molar-refractivity contribution >= 4 is 11.6 Å². The highest BCUT2D eigenvalue weighted by Gasteiger charge is 2.27. The molecule has 0 aromatic heterocycles. The number of allylic oxidation sites excluding steroid dienone is 1. The number of alkyl halides is 1. The number of ether oxygens (including phenoxy) is 1. The summed E-state index contributed by atoms with van der Waals surface area (Å²) in [7, 11) is 0. The van der Waals surface area contributed by atoms with E-state index in [1.165, 1.54) is 17.6 Å². The van der Waals surface area contributed by atoms with Gasteiger partial charge in [-0.2, -0.15) is 0 Å². The van der Waals surface area contributed by atoms with E-state index in [1.54, 1.807) is 0 Å². The minimum Gasteiger partial charge on any atom is -0.379 e. The molecule has 0 amide bonds. The van der Waals surface area contributed by atoms with E-state index in [2.05, 4.69) is 30.6 Å². The average Bonchev–Trinajstić information content (AvgIpc) is 2.81. The predicted molar refractivity (Wildman–Crippen MR) is 80.7 cm³/mol. The van der Waals surface area contributed by atoms with Crippen LogP contribution in [0.3, 0.4) is 0 Å². The molecule has 2 rings (SSSR count). The van der Waals surface area contributed by atoms with Gasteiger partial charge in [-0.3, -0.25) is 9.80 Å². The molecule has 0 aromatic rings. The number of rotatable bonds is 4. The fraction of sp³-hybridized carbons (Fsp3) is 0.867. The van der Waals surface area contributed by atoms with E-state index in [4.69, 9.17) is 16.3 Å². The van der Waals surface area contributed by atoms with Gasteiger partial charge in [-0.1, -0.05) is 5.57 Å². The summed E-state index contributed by atoms with van der Waals surface area (Å²) in [5, 5.41) is 0. The van der Waals surface area contributed by atoms with Crippen LogP contribution in [0.25, 0.3) is 0 Å². The molecule has 2 aliphatic heterocycles. The van der Waals surface area contributed by atoms with Crippen molar-refractivity contribution in [2.45, 2.75) is 45.2 Å². The van der Waals surface area contributed by atoms with Crippen molar-refractivity contribution < 1.29 is 4.74 Å². The van der Waals surface area contributed by atoms with Gasteiger partial charge < -0.3 is 4.74 Å². The molecule has 0 radical (unpaired) electrons. The molecule has 0 aromatic carbocycles. The molecule has 4 heteroatoms. The molecule has 2 heterocycles. The third-order valence-corrected chi connectivity index (χ3v) is 4.89. The lowest BCUT2D eigenvalue weighted by molar-refractivity contribution is 0.0255. The molecule has 110 valence electrons. The lowest BCUT2D eigenvalue weighted by atomic mass is 10.0. The first kappa shape index (κ1) is 15.3. The summed E-state index contributed by atoms with van der Waals surface area (Å²) in [6.07, 6.45) is 2.36. The molecule has 2 saturated heterocycles. The Morgan fingerprint density at radius 2 is 1.95 bits per heavy atom. The molecule has 2 unspecified atom stereocenters. The summed E-state index contributed by atoms with van der Waals surface area (Å²) in [6, 6.07) is 0.498. The van der Waals surface area contributed by atoms with E-state index in [0.717, 1.165) is 45.8 Å². The molecular formula is C15H27ClN2O. The van der Waals surface area contributed by atoms with Crippen molar-refractivity contribution in [3.63, 3.8) is 0 Å². The Morgan fingerprint density at radius 3 is 2.47 bits per heavy atom. The lowest BCUT2D eigenvalue weighted by Gasteiger charge is -2.36. The van der Waals surface area contributed by atoms with Crippen LogP contribution in [0.1, 0.15) is 33.6 Å². The third kappa shape index (κ3) is 3.94. The number of halogens is 1. The van der Waals surface area contributed by atoms with E-state index in [-0.39, 0.29) is 5.50 Å². The van der Waals surface area contributed by atoms with Crippen molar-refractivity contribution in [2.24, 2.45) is 0 Å². The minimum atomic E-state index is 0.228. The Kier molecular flexibility index (Phi) is 5.70. The third-order valence-electron chi connectivity index (χ3n) is 4.40. The molecule has 2 fully saturated rings. The molecule has 2 aliphatic rings. The monoisotopic (exact) mass is 286 g/mol. The first-order chi connectivity index (χ1) is 9.09. The summed E-state index contributed by atoms with van der Waals surface area (Å²) in [5.74, 6) is 0. The van der Waals surface area contributed by atoms with Gasteiger partial charge in [-0.15, -0.1) is 11.6 Å². The maximum atomic E-state index is 6.39. The van der Waals surface area contributed by atoms with Gasteiger partial charge in [0.2, 0.25) is 0 Å². The maximum Gasteiger partial charge on any atom is 0.0853 e. The lowest BCUT2D eigenvalue weighted by Crippen LogP contribution is -2.45. The molecule has 3 nitrogen and oxygen atoms in total. The largest absolute Gasteiger partial charge is 0.379 e. The van der Waals surface area contributed by atoms with Crippen LogP contribution in [0.4, 0.5) is 0 Å². The van der Waals surface area contributed by atoms with Crippen molar-refractivity contribution in [2.75, 3.05) is 39.4 Å². The molecule has 0 bridgehead atoms. The van der Waals surface area contributed by atoms with E-state index >= 15 is 0 Å². The topological polar surface area (TPSA) is 15.7 Å². The molecule has 19 heavy (non-hydrogen) atoms. The SMILES string of the molecule is CC(C)=C(CN1CCCC1Cl)C(C)N1CCOCC1. The second-order valence-corrected chi connectivity index (χ2v) is 6.40. The first-order valence-corrected chi connectivity index (χ1v) is 7.89. The Labute approximate surface area is 122 Å². The van der Waals surface area contributed by atoms with Crippen LogP contribution in [0.15, 0.2) is 11.1 Å². The van der Waals surface area contributed by atoms with E-state index < -0.39 is 0 Å². The molecule has 0 spiro atoms. The van der Waals surface area contributed by atoms with Gasteiger partial charge in [-0.25, -0.2) is 0 Å². The zero-order valence-electron chi connectivity index (χ0n) is 12.5. The molecule has 2 atom stereocenters. The Bertz CT molecular complexity index is 322. The Morgan fingerprint density at radius 1 is 1.26 bits per heavy atom. The van der Waals surface area contributed by atoms with Gasteiger partial charge in [0.1, 0.15) is 0 Å². The van der Waals surface area contributed by atoms with Crippen molar-refractivity contribution in [3.05, 3.63) is 11.1 Å². The van der Waals surface area contributed by atoms with Gasteiger partial charge in [-0.05, 0) is 45.7 Å². The van der Waals surface area contributed by atoms with Crippen LogP contribution in [-0.2, 0) is 4.74 Å². The zero-order valence-corrected chi connectivity index (χ0v) is 13.2. The summed E-state index contributed by atoms with van der Waals surface area (Å²) >= 11 is 6.39. The van der Waals surface area contributed by atoms with Gasteiger partial charge in [0, 0.05) is 25.7 Å². The van der Waals surface area contributed by atoms with Crippen LogP contribution < -0.4 is 0 Å². The number of hydrogen-bond donors (Lipinski definition) is 0. The number of likely N-dealkylation sites (tertiary alicyclic amines) is 1. The van der Waals surface area contributed by atoms with Crippen molar-refractivity contribution in [1.82, 2.24) is 9.80 Å². The van der Waals surface area contributed by atoms with Crippen LogP contribution in [0.5, 0.6) is 0 Å². The number of hydrogen-bond acceptors (Lipinski definition) is 3. The van der Waals surface area contributed by atoms with Gasteiger partial charge in [0.25, 0.3) is 0 Å². The fourth-order valence-corrected chi connectivity index (χ4v) is 3.40. The summed E-state index contributed by atoms with van der Waals surface area (Å²) < 4.78 is 5.45. The van der Waals surface area contributed by atoms with E-state index in [1.807, 2.05) is 0 Å². The first-order valence-electron chi connectivity index (χ1n) is 7.45. The highest BCUT2D eigenvalue weighted by Crippen LogP contribution is 2.25. The van der Waals surface area contributed by atoms with Crippen LogP contribution in [0.2, 0.25) is 0 Å². The standard InChI is InChI=1S/C15H27ClN2O/c1-12(2)14(11-18-6-4-5-15(18)16)13(3)17-7-9-19-10-8-17/h13,15H,4-11H2,1-3H3. The predicted octanol–water partition coefficient (Wildman–Crippen LogP) is 2.70. The quantitative estimate of drug-likeness (QED) is 0.449. The van der Waals surface area contributed by atoms with Crippen LogP contribution in [0, 0.1) is 0 Å². The van der Waals surface area contributed by atoms with Crippen molar-refractivity contribution in [3.8, 4) is 0 Å². The van der Waals surface area contributed by atoms with Gasteiger partial charge in [0.05, 0.1) is 18.7 Å². The second-order valence-electron chi connectivity index (χ2n) is 5.90. The van der Waals surface area contributed by atoms with Gasteiger partial charge >= 0.3 is 0 Å². The summed E-state index contributed by atoms with van der Waals surface area (Å²) in [4.78, 5) is 4.95. The normalized spacial score (nSPS) is 27.5. The average molecular weight is 287 g/mol. The van der Waals surface area contributed by atoms with E-state index in [9.17, 15) is 0 Å². The van der Waals surface area contributed by atoms with Crippen molar-refractivity contribution in [1.29, 1.82) is 0 Å². The zero-order chi connectivity index (χ0) is 13.8. The molecule has 0 saturated carbocycles. The smallest absolute Gasteiger partial charge is 0.0853 e. The van der Waals surface area contributed by atoms with Crippen LogP contribution in [-0.4, -0.2) is 60.7 Å². The van der Waals surface area contributed by atoms with Crippen LogP contribution >= 0.6 is 11.6 Å². The summed E-state index contributed by atoms with van der Waals surface area (Å²) in [6.45, 7) is 12.8. The Balaban J connectivity index is 2.01. The molecule has 0 aliphatic carbocycles. The highest BCUT2D eigenvalue weighted by atomic mass is 35.5. The number of morpholine rings is 1.